The standard InChI is InChI=1S/C17H25NO3/c1-2-15(14-5-3-4-6-16(14)19)18-11-12-7-9-13(10-8-12)17(20)21/h3-6,12-13,15,18-19H,2,7-11H2,1H3,(H,20,21). The lowest BCUT2D eigenvalue weighted by molar-refractivity contribution is -0.143. The number of hydrogen-bond acceptors (Lipinski definition) is 3. The van der Waals surface area contributed by atoms with Gasteiger partial charge in [0.2, 0.25) is 0 Å². The van der Waals surface area contributed by atoms with E-state index >= 15 is 0 Å². The first-order valence-electron chi connectivity index (χ1n) is 7.85. The molecule has 3 N–H and O–H groups in total. The van der Waals surface area contributed by atoms with Crippen LogP contribution in [0.1, 0.15) is 50.6 Å². The fourth-order valence-electron chi connectivity index (χ4n) is 3.18. The monoisotopic (exact) mass is 291 g/mol. The van der Waals surface area contributed by atoms with Crippen molar-refractivity contribution in [2.75, 3.05) is 6.54 Å². The molecule has 1 aliphatic rings. The lowest BCUT2D eigenvalue weighted by Crippen LogP contribution is -2.31. The van der Waals surface area contributed by atoms with E-state index in [1.165, 1.54) is 0 Å². The topological polar surface area (TPSA) is 69.6 Å². The summed E-state index contributed by atoms with van der Waals surface area (Å²) in [6.07, 6.45) is 4.44. The molecular formula is C17H25NO3. The van der Waals surface area contributed by atoms with Crippen molar-refractivity contribution in [3.63, 3.8) is 0 Å². The van der Waals surface area contributed by atoms with Gasteiger partial charge in [0.25, 0.3) is 0 Å². The van der Waals surface area contributed by atoms with Gasteiger partial charge in [0.05, 0.1) is 5.92 Å². The van der Waals surface area contributed by atoms with Gasteiger partial charge in [-0.25, -0.2) is 0 Å². The van der Waals surface area contributed by atoms with Crippen LogP contribution in [0.2, 0.25) is 0 Å². The van der Waals surface area contributed by atoms with Gasteiger partial charge < -0.3 is 15.5 Å². The van der Waals surface area contributed by atoms with Gasteiger partial charge >= 0.3 is 5.97 Å². The van der Waals surface area contributed by atoms with E-state index < -0.39 is 5.97 Å². The number of phenols is 1. The van der Waals surface area contributed by atoms with Crippen molar-refractivity contribution in [3.8, 4) is 5.75 Å². The third kappa shape index (κ3) is 4.21. The van der Waals surface area contributed by atoms with Crippen molar-refractivity contribution >= 4 is 5.97 Å². The third-order valence-corrected chi connectivity index (χ3v) is 4.57. The van der Waals surface area contributed by atoms with Crippen LogP contribution in [-0.2, 0) is 4.79 Å². The van der Waals surface area contributed by atoms with E-state index in [1.54, 1.807) is 6.07 Å². The highest BCUT2D eigenvalue weighted by molar-refractivity contribution is 5.69. The summed E-state index contributed by atoms with van der Waals surface area (Å²) in [7, 11) is 0. The Balaban J connectivity index is 1.85. The Morgan fingerprint density at radius 3 is 2.52 bits per heavy atom. The van der Waals surface area contributed by atoms with Crippen molar-refractivity contribution < 1.29 is 15.0 Å². The highest BCUT2D eigenvalue weighted by Gasteiger charge is 2.26. The Morgan fingerprint density at radius 1 is 1.29 bits per heavy atom. The highest BCUT2D eigenvalue weighted by atomic mass is 16.4. The van der Waals surface area contributed by atoms with E-state index in [1.807, 2.05) is 18.2 Å². The van der Waals surface area contributed by atoms with Crippen LogP contribution in [0.25, 0.3) is 0 Å². The molecule has 1 aromatic rings. The number of aliphatic carboxylic acids is 1. The summed E-state index contributed by atoms with van der Waals surface area (Å²) in [5, 5.41) is 22.5. The number of aromatic hydroxyl groups is 1. The molecule has 1 fully saturated rings. The molecule has 21 heavy (non-hydrogen) atoms. The minimum atomic E-state index is -0.651. The van der Waals surface area contributed by atoms with E-state index in [0.29, 0.717) is 11.7 Å². The molecular weight excluding hydrogens is 266 g/mol. The van der Waals surface area contributed by atoms with Gasteiger partial charge in [0.1, 0.15) is 5.75 Å². The lowest BCUT2D eigenvalue weighted by Gasteiger charge is -2.28. The SMILES string of the molecule is CCC(NCC1CCC(C(=O)O)CC1)c1ccccc1O. The zero-order chi connectivity index (χ0) is 15.2. The third-order valence-electron chi connectivity index (χ3n) is 4.57. The number of carboxylic acid groups (broad SMARTS) is 1. The second-order valence-electron chi connectivity index (χ2n) is 5.98. The lowest BCUT2D eigenvalue weighted by atomic mass is 9.82. The first kappa shape index (κ1) is 15.8. The number of para-hydroxylation sites is 1. The fraction of sp³-hybridized carbons (Fsp3) is 0.588. The van der Waals surface area contributed by atoms with Crippen molar-refractivity contribution in [2.45, 2.75) is 45.1 Å². The largest absolute Gasteiger partial charge is 0.508 e. The molecule has 0 amide bonds. The van der Waals surface area contributed by atoms with Crippen LogP contribution in [0.15, 0.2) is 24.3 Å². The number of nitrogens with one attached hydrogen (secondary N) is 1. The molecule has 0 bridgehead atoms. The normalized spacial score (nSPS) is 23.7. The van der Waals surface area contributed by atoms with Crippen LogP contribution >= 0.6 is 0 Å². The van der Waals surface area contributed by atoms with Crippen molar-refractivity contribution in [1.82, 2.24) is 5.32 Å². The van der Waals surface area contributed by atoms with Gasteiger partial charge in [-0.1, -0.05) is 25.1 Å². The molecule has 0 radical (unpaired) electrons. The van der Waals surface area contributed by atoms with Gasteiger partial charge in [0, 0.05) is 11.6 Å². The summed E-state index contributed by atoms with van der Waals surface area (Å²) < 4.78 is 0. The molecule has 1 aromatic carbocycles. The molecule has 4 heteroatoms. The van der Waals surface area contributed by atoms with Crippen LogP contribution in [-0.4, -0.2) is 22.7 Å². The Kier molecular flexibility index (Phi) is 5.62. The summed E-state index contributed by atoms with van der Waals surface area (Å²) in [6, 6.07) is 7.61. The molecule has 4 nitrogen and oxygen atoms in total. The summed E-state index contributed by atoms with van der Waals surface area (Å²) >= 11 is 0. The molecule has 1 atom stereocenters. The second kappa shape index (κ2) is 7.46. The summed E-state index contributed by atoms with van der Waals surface area (Å²) in [5.41, 5.74) is 0.944. The van der Waals surface area contributed by atoms with Gasteiger partial charge in [-0.15, -0.1) is 0 Å². The molecule has 116 valence electrons. The van der Waals surface area contributed by atoms with E-state index in [-0.39, 0.29) is 12.0 Å². The smallest absolute Gasteiger partial charge is 0.306 e. The average Bonchev–Trinajstić information content (AvgIpc) is 2.50. The Hall–Kier alpha value is -1.55. The highest BCUT2D eigenvalue weighted by Crippen LogP contribution is 2.30. The van der Waals surface area contributed by atoms with E-state index in [0.717, 1.165) is 44.2 Å². The zero-order valence-corrected chi connectivity index (χ0v) is 12.6. The van der Waals surface area contributed by atoms with Crippen molar-refractivity contribution in [2.24, 2.45) is 11.8 Å². The van der Waals surface area contributed by atoms with Crippen molar-refractivity contribution in [3.05, 3.63) is 29.8 Å². The molecule has 0 aliphatic heterocycles. The molecule has 0 spiro atoms. The number of phenolic OH excluding ortho intramolecular Hbond substituents is 1. The fourth-order valence-corrected chi connectivity index (χ4v) is 3.18. The molecule has 1 saturated carbocycles. The zero-order valence-electron chi connectivity index (χ0n) is 12.6. The molecule has 0 heterocycles. The van der Waals surface area contributed by atoms with Crippen LogP contribution in [0.4, 0.5) is 0 Å². The minimum Gasteiger partial charge on any atom is -0.508 e. The quantitative estimate of drug-likeness (QED) is 0.752. The van der Waals surface area contributed by atoms with Gasteiger partial charge in [-0.2, -0.15) is 0 Å². The summed E-state index contributed by atoms with van der Waals surface area (Å²) in [4.78, 5) is 11.0. The van der Waals surface area contributed by atoms with Crippen LogP contribution in [0.3, 0.4) is 0 Å². The first-order chi connectivity index (χ1) is 10.1. The predicted octanol–water partition coefficient (Wildman–Crippen LogP) is 3.32. The van der Waals surface area contributed by atoms with Crippen LogP contribution in [0, 0.1) is 11.8 Å². The van der Waals surface area contributed by atoms with Crippen molar-refractivity contribution in [1.29, 1.82) is 0 Å². The van der Waals surface area contributed by atoms with Gasteiger partial charge in [0.15, 0.2) is 0 Å². The average molecular weight is 291 g/mol. The van der Waals surface area contributed by atoms with Gasteiger partial charge in [-0.3, -0.25) is 4.79 Å². The van der Waals surface area contributed by atoms with Crippen LogP contribution in [0.5, 0.6) is 5.75 Å². The maximum Gasteiger partial charge on any atom is 0.306 e. The number of carboxylic acids is 1. The van der Waals surface area contributed by atoms with E-state index in [9.17, 15) is 9.90 Å². The molecule has 0 aromatic heterocycles. The Labute approximate surface area is 126 Å². The Bertz CT molecular complexity index is 467. The number of hydrogen-bond donors (Lipinski definition) is 3. The predicted molar refractivity (Wildman–Crippen MR) is 82.2 cm³/mol. The Morgan fingerprint density at radius 2 is 1.95 bits per heavy atom. The second-order valence-corrected chi connectivity index (χ2v) is 5.98. The van der Waals surface area contributed by atoms with Gasteiger partial charge in [-0.05, 0) is 50.6 Å². The molecule has 2 rings (SSSR count). The summed E-state index contributed by atoms with van der Waals surface area (Å²) in [6.45, 7) is 2.99. The minimum absolute atomic E-state index is 0.151. The maximum atomic E-state index is 11.0. The molecule has 1 aliphatic carbocycles. The molecule has 1 unspecified atom stereocenters. The summed E-state index contributed by atoms with van der Waals surface area (Å²) in [5.74, 6) is 0.0791. The van der Waals surface area contributed by atoms with E-state index in [2.05, 4.69) is 12.2 Å². The number of rotatable bonds is 6. The van der Waals surface area contributed by atoms with E-state index in [4.69, 9.17) is 5.11 Å². The maximum absolute atomic E-state index is 11.0. The van der Waals surface area contributed by atoms with Crippen LogP contribution < -0.4 is 5.32 Å². The number of benzene rings is 1. The first-order valence-corrected chi connectivity index (χ1v) is 7.85. The number of carbonyl (C=O) groups is 1. The molecule has 0 saturated heterocycles.